The lowest BCUT2D eigenvalue weighted by atomic mass is 9.90. The molecule has 1 amide bonds. The molecule has 1 saturated heterocycles. The Kier molecular flexibility index (Phi) is 5.74. The Morgan fingerprint density at radius 3 is 2.48 bits per heavy atom. The van der Waals surface area contributed by atoms with Crippen LogP contribution >= 0.6 is 15.9 Å². The highest BCUT2D eigenvalue weighted by molar-refractivity contribution is 9.10. The van der Waals surface area contributed by atoms with E-state index in [1.54, 1.807) is 29.2 Å². The molecule has 1 aliphatic rings. The van der Waals surface area contributed by atoms with Gasteiger partial charge in [-0.2, -0.15) is 0 Å². The summed E-state index contributed by atoms with van der Waals surface area (Å²) in [6.07, 6.45) is 3.93. The molecule has 0 unspecified atom stereocenters. The number of piperidine rings is 1. The van der Waals surface area contributed by atoms with Crippen LogP contribution in [0.1, 0.15) is 35.2 Å². The quantitative estimate of drug-likeness (QED) is 0.794. The monoisotopic (exact) mass is 405 g/mol. The lowest BCUT2D eigenvalue weighted by molar-refractivity contribution is 0.0682. The van der Waals surface area contributed by atoms with Crippen molar-refractivity contribution < 1.29 is 14.3 Å². The van der Waals surface area contributed by atoms with Crippen LogP contribution in [0.5, 0.6) is 5.75 Å². The number of aromatic hydroxyl groups is 1. The first-order valence-corrected chi connectivity index (χ1v) is 9.34. The van der Waals surface area contributed by atoms with Gasteiger partial charge in [0.2, 0.25) is 0 Å². The highest BCUT2D eigenvalue weighted by atomic mass is 79.9. The number of hydrogen-bond donors (Lipinski definition) is 1. The van der Waals surface area contributed by atoms with E-state index in [1.165, 1.54) is 11.6 Å². The lowest BCUT2D eigenvalue weighted by Gasteiger charge is -2.32. The molecule has 1 heterocycles. The van der Waals surface area contributed by atoms with Gasteiger partial charge in [-0.3, -0.25) is 4.79 Å². The molecule has 3 nitrogen and oxygen atoms in total. The second kappa shape index (κ2) is 8.00. The Hall–Kier alpha value is -1.88. The van der Waals surface area contributed by atoms with Crippen molar-refractivity contribution in [3.63, 3.8) is 0 Å². The van der Waals surface area contributed by atoms with E-state index in [-0.39, 0.29) is 17.2 Å². The topological polar surface area (TPSA) is 40.5 Å². The molecule has 0 bridgehead atoms. The summed E-state index contributed by atoms with van der Waals surface area (Å²) in [5.41, 5.74) is 1.36. The van der Waals surface area contributed by atoms with Crippen LogP contribution in [-0.4, -0.2) is 29.0 Å². The van der Waals surface area contributed by atoms with Gasteiger partial charge in [0.15, 0.2) is 0 Å². The van der Waals surface area contributed by atoms with E-state index in [1.807, 2.05) is 12.1 Å². The molecule has 2 aromatic rings. The molecule has 0 atom stereocenters. The van der Waals surface area contributed by atoms with Crippen molar-refractivity contribution in [2.45, 2.75) is 25.7 Å². The summed E-state index contributed by atoms with van der Waals surface area (Å²) >= 11 is 3.21. The maximum Gasteiger partial charge on any atom is 0.256 e. The number of nitrogens with zero attached hydrogens (tertiary/aromatic N) is 1. The number of halogens is 2. The highest BCUT2D eigenvalue weighted by Crippen LogP contribution is 2.25. The van der Waals surface area contributed by atoms with Crippen LogP contribution in [-0.2, 0) is 6.42 Å². The van der Waals surface area contributed by atoms with Crippen LogP contribution in [0.15, 0.2) is 46.9 Å². The molecule has 1 aliphatic heterocycles. The highest BCUT2D eigenvalue weighted by Gasteiger charge is 2.25. The third-order valence-electron chi connectivity index (χ3n) is 4.84. The molecule has 0 aromatic heterocycles. The van der Waals surface area contributed by atoms with E-state index in [2.05, 4.69) is 15.9 Å². The van der Waals surface area contributed by atoms with Crippen LogP contribution in [0.4, 0.5) is 4.39 Å². The first-order valence-electron chi connectivity index (χ1n) is 8.55. The number of phenols is 1. The lowest BCUT2D eigenvalue weighted by Crippen LogP contribution is -2.38. The van der Waals surface area contributed by atoms with Crippen molar-refractivity contribution in [2.75, 3.05) is 13.1 Å². The SMILES string of the molecule is O=C(c1ccc(Br)cc1F)N1CCC(CCc2ccc(O)cc2)CC1. The van der Waals surface area contributed by atoms with Crippen molar-refractivity contribution in [2.24, 2.45) is 5.92 Å². The Morgan fingerprint density at radius 2 is 1.84 bits per heavy atom. The number of phenolic OH excluding ortho intramolecular Hbond substituents is 1. The molecule has 0 radical (unpaired) electrons. The molecular formula is C20H21BrFNO2. The third kappa shape index (κ3) is 4.60. The van der Waals surface area contributed by atoms with Crippen molar-refractivity contribution in [1.82, 2.24) is 4.90 Å². The summed E-state index contributed by atoms with van der Waals surface area (Å²) in [4.78, 5) is 14.3. The molecule has 5 heteroatoms. The predicted octanol–water partition coefficient (Wildman–Crippen LogP) is 4.78. The van der Waals surface area contributed by atoms with Gasteiger partial charge in [0, 0.05) is 17.6 Å². The summed E-state index contributed by atoms with van der Waals surface area (Å²) in [5, 5.41) is 9.32. The fourth-order valence-electron chi connectivity index (χ4n) is 3.29. The van der Waals surface area contributed by atoms with Gasteiger partial charge >= 0.3 is 0 Å². The van der Waals surface area contributed by atoms with Gasteiger partial charge in [0.25, 0.3) is 5.91 Å². The van der Waals surface area contributed by atoms with Gasteiger partial charge in [0.1, 0.15) is 11.6 Å². The molecule has 0 saturated carbocycles. The van der Waals surface area contributed by atoms with Crippen molar-refractivity contribution >= 4 is 21.8 Å². The summed E-state index contributed by atoms with van der Waals surface area (Å²) in [5.74, 6) is 0.166. The fraction of sp³-hybridized carbons (Fsp3) is 0.350. The molecule has 0 spiro atoms. The first-order chi connectivity index (χ1) is 12.0. The maximum atomic E-state index is 14.0. The number of amides is 1. The standard InChI is InChI=1S/C20H21BrFNO2/c21-16-5-8-18(19(22)13-16)20(25)23-11-9-15(10-12-23)2-1-14-3-6-17(24)7-4-14/h3-8,13,15,24H,1-2,9-12H2. The minimum Gasteiger partial charge on any atom is -0.508 e. The van der Waals surface area contributed by atoms with Gasteiger partial charge in [-0.25, -0.2) is 4.39 Å². The number of benzene rings is 2. The fourth-order valence-corrected chi connectivity index (χ4v) is 3.62. The average Bonchev–Trinajstić information content (AvgIpc) is 2.61. The normalized spacial score (nSPS) is 15.4. The second-order valence-corrected chi connectivity index (χ2v) is 7.48. The summed E-state index contributed by atoms with van der Waals surface area (Å²) in [6.45, 7) is 1.35. The van der Waals surface area contributed by atoms with E-state index in [0.29, 0.717) is 23.5 Å². The second-order valence-electron chi connectivity index (χ2n) is 6.56. The average molecular weight is 406 g/mol. The van der Waals surface area contributed by atoms with Crippen LogP contribution in [0.2, 0.25) is 0 Å². The minimum absolute atomic E-state index is 0.144. The number of likely N-dealkylation sites (tertiary alicyclic amines) is 1. The molecular weight excluding hydrogens is 385 g/mol. The van der Waals surface area contributed by atoms with Crippen LogP contribution in [0.3, 0.4) is 0 Å². The van der Waals surface area contributed by atoms with E-state index in [4.69, 9.17) is 0 Å². The van der Waals surface area contributed by atoms with Crippen LogP contribution in [0, 0.1) is 11.7 Å². The molecule has 3 rings (SSSR count). The van der Waals surface area contributed by atoms with Crippen LogP contribution in [0.25, 0.3) is 0 Å². The third-order valence-corrected chi connectivity index (χ3v) is 5.33. The largest absolute Gasteiger partial charge is 0.508 e. The summed E-state index contributed by atoms with van der Waals surface area (Å²) < 4.78 is 14.6. The summed E-state index contributed by atoms with van der Waals surface area (Å²) in [7, 11) is 0. The number of rotatable bonds is 4. The smallest absolute Gasteiger partial charge is 0.256 e. The zero-order valence-corrected chi connectivity index (χ0v) is 15.5. The Bertz CT molecular complexity index is 740. The van der Waals surface area contributed by atoms with Gasteiger partial charge < -0.3 is 10.0 Å². The van der Waals surface area contributed by atoms with Crippen molar-refractivity contribution in [3.05, 3.63) is 63.9 Å². The number of carbonyl (C=O) groups is 1. The van der Waals surface area contributed by atoms with Gasteiger partial charge in [-0.1, -0.05) is 28.1 Å². The van der Waals surface area contributed by atoms with Crippen molar-refractivity contribution in [3.8, 4) is 5.75 Å². The predicted molar refractivity (Wildman–Crippen MR) is 99.2 cm³/mol. The number of hydrogen-bond acceptors (Lipinski definition) is 2. The zero-order valence-electron chi connectivity index (χ0n) is 13.9. The van der Waals surface area contributed by atoms with E-state index < -0.39 is 5.82 Å². The maximum absolute atomic E-state index is 14.0. The van der Waals surface area contributed by atoms with Crippen molar-refractivity contribution in [1.29, 1.82) is 0 Å². The van der Waals surface area contributed by atoms with Gasteiger partial charge in [0.05, 0.1) is 5.56 Å². The molecule has 132 valence electrons. The molecule has 2 aromatic carbocycles. The minimum atomic E-state index is -0.478. The Morgan fingerprint density at radius 1 is 1.16 bits per heavy atom. The van der Waals surface area contributed by atoms with Crippen LogP contribution < -0.4 is 0 Å². The molecule has 25 heavy (non-hydrogen) atoms. The zero-order chi connectivity index (χ0) is 17.8. The number of aryl methyl sites for hydroxylation is 1. The van der Waals surface area contributed by atoms with E-state index >= 15 is 0 Å². The first kappa shape index (κ1) is 17.9. The van der Waals surface area contributed by atoms with Gasteiger partial charge in [-0.05, 0) is 67.5 Å². The van der Waals surface area contributed by atoms with E-state index in [9.17, 15) is 14.3 Å². The summed E-state index contributed by atoms with van der Waals surface area (Å²) in [6, 6.07) is 11.9. The Labute approximate surface area is 155 Å². The van der Waals surface area contributed by atoms with Gasteiger partial charge in [-0.15, -0.1) is 0 Å². The Balaban J connectivity index is 1.51. The molecule has 1 N–H and O–H groups in total. The van der Waals surface area contributed by atoms with E-state index in [0.717, 1.165) is 25.7 Å². The molecule has 1 fully saturated rings. The molecule has 0 aliphatic carbocycles. The number of carbonyl (C=O) groups excluding carboxylic acids is 1.